The molecule has 0 aromatic heterocycles. The van der Waals surface area contributed by atoms with Crippen molar-refractivity contribution in [3.05, 3.63) is 35.6 Å². The molecular formula is C13H18FN3O2. The van der Waals surface area contributed by atoms with Crippen LogP contribution in [0.15, 0.2) is 29.4 Å². The van der Waals surface area contributed by atoms with Gasteiger partial charge in [0.25, 0.3) is 0 Å². The lowest BCUT2D eigenvalue weighted by atomic mass is 10.0. The van der Waals surface area contributed by atoms with Crippen molar-refractivity contribution in [2.45, 2.75) is 32.9 Å². The zero-order valence-electron chi connectivity index (χ0n) is 11.2. The van der Waals surface area contributed by atoms with Crippen LogP contribution in [0.2, 0.25) is 0 Å². The minimum atomic E-state index is -0.798. The van der Waals surface area contributed by atoms with Crippen LogP contribution in [-0.2, 0) is 16.2 Å². The number of benzene rings is 1. The summed E-state index contributed by atoms with van der Waals surface area (Å²) in [7, 11) is 0. The summed E-state index contributed by atoms with van der Waals surface area (Å²) in [6, 6.07) is 6.00. The van der Waals surface area contributed by atoms with Gasteiger partial charge in [0, 0.05) is 6.92 Å². The second-order valence-electron chi connectivity index (χ2n) is 4.69. The molecule has 1 aromatic rings. The van der Waals surface area contributed by atoms with Gasteiger partial charge in [-0.1, -0.05) is 17.3 Å². The smallest absolute Gasteiger partial charge is 0.217 e. The fourth-order valence-corrected chi connectivity index (χ4v) is 1.42. The standard InChI is InChI=1S/C13H18FN3O2/c1-9(18)16-13(2,3)12(15)17-19-8-10-5-4-6-11(14)7-10/h4-7H,8H2,1-3H3,(H2,15,17)(H,16,18). The SMILES string of the molecule is CC(=O)NC(C)(C)/C(N)=N\OCc1cccc(F)c1. The van der Waals surface area contributed by atoms with Crippen LogP contribution >= 0.6 is 0 Å². The number of amidine groups is 1. The van der Waals surface area contributed by atoms with Crippen molar-refractivity contribution < 1.29 is 14.0 Å². The third kappa shape index (κ3) is 4.95. The van der Waals surface area contributed by atoms with E-state index in [2.05, 4.69) is 10.5 Å². The Hall–Kier alpha value is -2.11. The van der Waals surface area contributed by atoms with E-state index in [9.17, 15) is 9.18 Å². The summed E-state index contributed by atoms with van der Waals surface area (Å²) >= 11 is 0. The molecule has 6 heteroatoms. The highest BCUT2D eigenvalue weighted by atomic mass is 19.1. The zero-order valence-corrected chi connectivity index (χ0v) is 11.2. The molecule has 0 radical (unpaired) electrons. The second kappa shape index (κ2) is 6.17. The summed E-state index contributed by atoms with van der Waals surface area (Å²) in [5.41, 5.74) is 5.58. The molecule has 1 rings (SSSR count). The molecule has 0 heterocycles. The first-order chi connectivity index (χ1) is 8.81. The van der Waals surface area contributed by atoms with Crippen LogP contribution < -0.4 is 11.1 Å². The molecule has 1 amide bonds. The highest BCUT2D eigenvalue weighted by molar-refractivity contribution is 5.92. The van der Waals surface area contributed by atoms with E-state index >= 15 is 0 Å². The van der Waals surface area contributed by atoms with E-state index in [0.717, 1.165) is 0 Å². The van der Waals surface area contributed by atoms with Crippen LogP contribution in [0.5, 0.6) is 0 Å². The first-order valence-corrected chi connectivity index (χ1v) is 5.80. The summed E-state index contributed by atoms with van der Waals surface area (Å²) in [6.45, 7) is 4.91. The van der Waals surface area contributed by atoms with Gasteiger partial charge in [-0.3, -0.25) is 4.79 Å². The van der Waals surface area contributed by atoms with Gasteiger partial charge in [0.2, 0.25) is 5.91 Å². The number of carbonyl (C=O) groups excluding carboxylic acids is 1. The number of hydrogen-bond donors (Lipinski definition) is 2. The number of oxime groups is 1. The van der Waals surface area contributed by atoms with E-state index < -0.39 is 5.54 Å². The van der Waals surface area contributed by atoms with Crippen molar-refractivity contribution in [2.24, 2.45) is 10.9 Å². The topological polar surface area (TPSA) is 76.7 Å². The van der Waals surface area contributed by atoms with Crippen molar-refractivity contribution in [3.63, 3.8) is 0 Å². The van der Waals surface area contributed by atoms with E-state index in [4.69, 9.17) is 10.6 Å². The summed E-state index contributed by atoms with van der Waals surface area (Å²) in [5, 5.41) is 6.37. The molecule has 0 fully saturated rings. The van der Waals surface area contributed by atoms with Crippen LogP contribution in [0, 0.1) is 5.82 Å². The van der Waals surface area contributed by atoms with Gasteiger partial charge in [-0.2, -0.15) is 0 Å². The molecule has 1 aromatic carbocycles. The average molecular weight is 267 g/mol. The lowest BCUT2D eigenvalue weighted by Crippen LogP contribution is -2.52. The number of nitrogens with two attached hydrogens (primary N) is 1. The molecule has 0 saturated heterocycles. The first kappa shape index (κ1) is 14.9. The minimum absolute atomic E-state index is 0.106. The van der Waals surface area contributed by atoms with Gasteiger partial charge in [0.15, 0.2) is 5.84 Å². The Balaban J connectivity index is 2.59. The molecule has 0 bridgehead atoms. The number of carbonyl (C=O) groups is 1. The Kier molecular flexibility index (Phi) is 4.86. The maximum Gasteiger partial charge on any atom is 0.217 e. The van der Waals surface area contributed by atoms with Gasteiger partial charge in [0.1, 0.15) is 12.4 Å². The zero-order chi connectivity index (χ0) is 14.5. The number of hydrogen-bond acceptors (Lipinski definition) is 3. The Morgan fingerprint density at radius 1 is 1.53 bits per heavy atom. The normalized spacial score (nSPS) is 12.1. The molecule has 5 nitrogen and oxygen atoms in total. The van der Waals surface area contributed by atoms with Crippen LogP contribution in [0.1, 0.15) is 26.3 Å². The number of halogens is 1. The molecule has 0 spiro atoms. The third-order valence-electron chi connectivity index (χ3n) is 2.41. The fraction of sp³-hybridized carbons (Fsp3) is 0.385. The third-order valence-corrected chi connectivity index (χ3v) is 2.41. The number of rotatable bonds is 5. The first-order valence-electron chi connectivity index (χ1n) is 5.80. The molecule has 0 aliphatic heterocycles. The lowest BCUT2D eigenvalue weighted by molar-refractivity contribution is -0.119. The van der Waals surface area contributed by atoms with Crippen molar-refractivity contribution in [1.29, 1.82) is 0 Å². The predicted octanol–water partition coefficient (Wildman–Crippen LogP) is 1.53. The predicted molar refractivity (Wildman–Crippen MR) is 70.7 cm³/mol. The largest absolute Gasteiger partial charge is 0.389 e. The van der Waals surface area contributed by atoms with E-state index in [-0.39, 0.29) is 24.2 Å². The number of amides is 1. The van der Waals surface area contributed by atoms with Gasteiger partial charge in [-0.25, -0.2) is 4.39 Å². The maximum atomic E-state index is 12.9. The molecular weight excluding hydrogens is 249 g/mol. The second-order valence-corrected chi connectivity index (χ2v) is 4.69. The Bertz CT molecular complexity index is 487. The van der Waals surface area contributed by atoms with Crippen LogP contribution in [0.25, 0.3) is 0 Å². The highest BCUT2D eigenvalue weighted by Gasteiger charge is 2.24. The van der Waals surface area contributed by atoms with Gasteiger partial charge >= 0.3 is 0 Å². The van der Waals surface area contributed by atoms with Crippen molar-refractivity contribution >= 4 is 11.7 Å². The Morgan fingerprint density at radius 2 is 2.21 bits per heavy atom. The Labute approximate surface area is 111 Å². The number of nitrogens with zero attached hydrogens (tertiary/aromatic N) is 1. The van der Waals surface area contributed by atoms with Crippen molar-refractivity contribution in [3.8, 4) is 0 Å². The van der Waals surface area contributed by atoms with E-state index in [1.165, 1.54) is 19.1 Å². The summed E-state index contributed by atoms with van der Waals surface area (Å²) in [5.74, 6) is -0.413. The average Bonchev–Trinajstić information content (AvgIpc) is 2.27. The summed E-state index contributed by atoms with van der Waals surface area (Å²) < 4.78 is 12.9. The monoisotopic (exact) mass is 267 g/mol. The van der Waals surface area contributed by atoms with Gasteiger partial charge in [-0.05, 0) is 31.5 Å². The maximum absolute atomic E-state index is 12.9. The molecule has 19 heavy (non-hydrogen) atoms. The molecule has 3 N–H and O–H groups in total. The van der Waals surface area contributed by atoms with Crippen LogP contribution in [-0.4, -0.2) is 17.3 Å². The van der Waals surface area contributed by atoms with Gasteiger partial charge in [0.05, 0.1) is 5.54 Å². The van der Waals surface area contributed by atoms with Gasteiger partial charge in [-0.15, -0.1) is 0 Å². The Morgan fingerprint density at radius 3 is 2.79 bits per heavy atom. The van der Waals surface area contributed by atoms with Crippen LogP contribution in [0.3, 0.4) is 0 Å². The molecule has 0 atom stereocenters. The summed E-state index contributed by atoms with van der Waals surface area (Å²) in [4.78, 5) is 16.0. The van der Waals surface area contributed by atoms with Crippen LogP contribution in [0.4, 0.5) is 4.39 Å². The highest BCUT2D eigenvalue weighted by Crippen LogP contribution is 2.07. The molecule has 0 unspecified atom stereocenters. The summed E-state index contributed by atoms with van der Waals surface area (Å²) in [6.07, 6.45) is 0. The molecule has 0 saturated carbocycles. The minimum Gasteiger partial charge on any atom is -0.389 e. The molecule has 104 valence electrons. The van der Waals surface area contributed by atoms with Crippen molar-refractivity contribution in [1.82, 2.24) is 5.32 Å². The lowest BCUT2D eigenvalue weighted by Gasteiger charge is -2.24. The molecule has 0 aliphatic rings. The van der Waals surface area contributed by atoms with Crippen molar-refractivity contribution in [2.75, 3.05) is 0 Å². The fourth-order valence-electron chi connectivity index (χ4n) is 1.42. The quantitative estimate of drug-likeness (QED) is 0.482. The van der Waals surface area contributed by atoms with E-state index in [0.29, 0.717) is 5.56 Å². The van der Waals surface area contributed by atoms with E-state index in [1.807, 2.05) is 0 Å². The van der Waals surface area contributed by atoms with E-state index in [1.54, 1.807) is 26.0 Å². The van der Waals surface area contributed by atoms with Gasteiger partial charge < -0.3 is 15.9 Å². The number of nitrogens with one attached hydrogen (secondary N) is 1. The molecule has 0 aliphatic carbocycles.